The number of rotatable bonds is 1. The van der Waals surface area contributed by atoms with Crippen LogP contribution in [-0.4, -0.2) is 10.4 Å². The molecule has 0 unspecified atom stereocenters. The van der Waals surface area contributed by atoms with Gasteiger partial charge < -0.3 is 0 Å². The largest absolute Gasteiger partial charge is 0.229 e. The minimum Gasteiger partial charge on any atom is -0.229 e. The fourth-order valence-electron chi connectivity index (χ4n) is 1.09. The van der Waals surface area contributed by atoms with Crippen molar-refractivity contribution in [2.24, 2.45) is 10.9 Å². The van der Waals surface area contributed by atoms with Gasteiger partial charge in [-0.1, -0.05) is 18.2 Å². The molecule has 68 valence electrons. The van der Waals surface area contributed by atoms with Gasteiger partial charge in [0.05, 0.1) is 5.69 Å². The van der Waals surface area contributed by atoms with Gasteiger partial charge >= 0.3 is 0 Å². The first kappa shape index (κ1) is 8.36. The highest BCUT2D eigenvalue weighted by molar-refractivity contribution is 7.97. The normalized spacial score (nSPS) is 17.1. The zero-order chi connectivity index (χ0) is 9.26. The SMILES string of the molecule is NN1NN=C(S)N1c1ccccc1. The number of hydrogen-bond acceptors (Lipinski definition) is 5. The van der Waals surface area contributed by atoms with E-state index in [1.165, 1.54) is 5.23 Å². The van der Waals surface area contributed by atoms with Gasteiger partial charge in [-0.05, 0) is 17.4 Å². The molecule has 0 spiro atoms. The molecule has 1 aromatic carbocycles. The Kier molecular flexibility index (Phi) is 2.09. The van der Waals surface area contributed by atoms with Crippen LogP contribution in [0.3, 0.4) is 0 Å². The molecule has 0 bridgehead atoms. The van der Waals surface area contributed by atoms with Crippen molar-refractivity contribution in [3.63, 3.8) is 0 Å². The number of benzene rings is 1. The molecule has 0 aliphatic carbocycles. The highest BCUT2D eigenvalue weighted by Crippen LogP contribution is 2.17. The van der Waals surface area contributed by atoms with Gasteiger partial charge in [0.2, 0.25) is 5.17 Å². The Hall–Kier alpha value is -1.24. The van der Waals surface area contributed by atoms with Crippen LogP contribution in [-0.2, 0) is 0 Å². The van der Waals surface area contributed by atoms with Crippen LogP contribution in [0.25, 0.3) is 0 Å². The number of hydrogen-bond donors (Lipinski definition) is 3. The molecule has 5 nitrogen and oxygen atoms in total. The first-order chi connectivity index (χ1) is 6.29. The molecule has 1 aliphatic heterocycles. The summed E-state index contributed by atoms with van der Waals surface area (Å²) in [5.41, 5.74) is 3.47. The summed E-state index contributed by atoms with van der Waals surface area (Å²) < 4.78 is 0. The molecule has 13 heavy (non-hydrogen) atoms. The maximum atomic E-state index is 5.59. The number of anilines is 1. The molecule has 0 radical (unpaired) electrons. The third-order valence-corrected chi connectivity index (χ3v) is 1.95. The zero-order valence-corrected chi connectivity index (χ0v) is 7.65. The van der Waals surface area contributed by atoms with E-state index in [1.807, 2.05) is 30.3 Å². The Bertz CT molecular complexity index is 325. The number of hydrazine groups is 3. The van der Waals surface area contributed by atoms with Crippen LogP contribution in [0, 0.1) is 0 Å². The highest BCUT2D eigenvalue weighted by Gasteiger charge is 2.21. The van der Waals surface area contributed by atoms with Gasteiger partial charge in [-0.2, -0.15) is 0 Å². The second-order valence-corrected chi connectivity index (χ2v) is 2.90. The van der Waals surface area contributed by atoms with Crippen molar-refractivity contribution in [2.75, 3.05) is 5.01 Å². The number of nitrogens with zero attached hydrogens (tertiary/aromatic N) is 3. The summed E-state index contributed by atoms with van der Waals surface area (Å²) >= 11 is 4.15. The minimum absolute atomic E-state index is 0.508. The topological polar surface area (TPSA) is 56.9 Å². The average molecular weight is 195 g/mol. The van der Waals surface area contributed by atoms with Crippen LogP contribution in [0.5, 0.6) is 0 Å². The van der Waals surface area contributed by atoms with Gasteiger partial charge in [0.25, 0.3) is 0 Å². The van der Waals surface area contributed by atoms with E-state index in [-0.39, 0.29) is 0 Å². The van der Waals surface area contributed by atoms with Crippen LogP contribution >= 0.6 is 12.6 Å². The summed E-state index contributed by atoms with van der Waals surface area (Å²) in [5.74, 6) is 5.59. The van der Waals surface area contributed by atoms with Crippen LogP contribution in [0.4, 0.5) is 5.69 Å². The number of nitrogens with two attached hydrogens (primary N) is 1. The summed E-state index contributed by atoms with van der Waals surface area (Å²) in [6.45, 7) is 0. The van der Waals surface area contributed by atoms with Crippen molar-refractivity contribution in [3.05, 3.63) is 30.3 Å². The molecule has 0 fully saturated rings. The summed E-state index contributed by atoms with van der Waals surface area (Å²) in [4.78, 5) is 0. The Morgan fingerprint density at radius 2 is 2.00 bits per heavy atom. The molecule has 1 aliphatic rings. The fourth-order valence-corrected chi connectivity index (χ4v) is 1.35. The third-order valence-electron chi connectivity index (χ3n) is 1.66. The summed E-state index contributed by atoms with van der Waals surface area (Å²) in [6, 6.07) is 9.60. The smallest absolute Gasteiger partial charge is 0.203 e. The summed E-state index contributed by atoms with van der Waals surface area (Å²) in [6.07, 6.45) is 0. The Morgan fingerprint density at radius 1 is 1.31 bits per heavy atom. The molecule has 2 rings (SSSR count). The lowest BCUT2D eigenvalue weighted by Gasteiger charge is -2.22. The Morgan fingerprint density at radius 3 is 2.54 bits per heavy atom. The zero-order valence-electron chi connectivity index (χ0n) is 6.75. The van der Waals surface area contributed by atoms with E-state index in [0.717, 1.165) is 5.69 Å². The molecule has 3 N–H and O–H groups in total. The van der Waals surface area contributed by atoms with E-state index in [2.05, 4.69) is 23.3 Å². The fraction of sp³-hybridized carbons (Fsp3) is 0. The van der Waals surface area contributed by atoms with Gasteiger partial charge in [-0.25, -0.2) is 16.4 Å². The van der Waals surface area contributed by atoms with Crippen LogP contribution < -0.4 is 16.4 Å². The maximum Gasteiger partial charge on any atom is 0.203 e. The van der Waals surface area contributed by atoms with Crippen molar-refractivity contribution < 1.29 is 0 Å². The summed E-state index contributed by atoms with van der Waals surface area (Å²) in [7, 11) is 0. The Balaban J connectivity index is 2.31. The van der Waals surface area contributed by atoms with Crippen molar-refractivity contribution in [3.8, 4) is 0 Å². The molecule has 0 atom stereocenters. The minimum atomic E-state index is 0.508. The molecule has 0 saturated heterocycles. The van der Waals surface area contributed by atoms with E-state index in [9.17, 15) is 0 Å². The van der Waals surface area contributed by atoms with Gasteiger partial charge in [0.15, 0.2) is 0 Å². The van der Waals surface area contributed by atoms with E-state index in [0.29, 0.717) is 5.17 Å². The van der Waals surface area contributed by atoms with Gasteiger partial charge in [-0.15, -0.1) is 17.7 Å². The van der Waals surface area contributed by atoms with Crippen molar-refractivity contribution >= 4 is 23.5 Å². The summed E-state index contributed by atoms with van der Waals surface area (Å²) in [5, 5.41) is 7.24. The lowest BCUT2D eigenvalue weighted by Crippen LogP contribution is -2.49. The predicted molar refractivity (Wildman–Crippen MR) is 54.5 cm³/mol. The van der Waals surface area contributed by atoms with Crippen molar-refractivity contribution in [1.82, 2.24) is 10.8 Å². The molecule has 1 aromatic rings. The quantitative estimate of drug-likeness (QED) is 0.446. The number of thiol groups is 1. The lowest BCUT2D eigenvalue weighted by molar-refractivity contribution is 0.229. The number of nitrogens with one attached hydrogen (secondary N) is 1. The number of amidine groups is 1. The van der Waals surface area contributed by atoms with Crippen molar-refractivity contribution in [2.45, 2.75) is 0 Å². The number of hydrazone groups is 1. The van der Waals surface area contributed by atoms with E-state index in [4.69, 9.17) is 5.84 Å². The van der Waals surface area contributed by atoms with Crippen LogP contribution in [0.1, 0.15) is 0 Å². The lowest BCUT2D eigenvalue weighted by atomic mass is 10.3. The highest BCUT2D eigenvalue weighted by atomic mass is 32.1. The van der Waals surface area contributed by atoms with Crippen LogP contribution in [0.15, 0.2) is 35.4 Å². The molecular weight excluding hydrogens is 186 g/mol. The second-order valence-electron chi connectivity index (χ2n) is 2.50. The van der Waals surface area contributed by atoms with Gasteiger partial charge in [0.1, 0.15) is 0 Å². The molecule has 6 heteroatoms. The molecular formula is C7H9N5S. The van der Waals surface area contributed by atoms with Crippen molar-refractivity contribution in [1.29, 1.82) is 0 Å². The van der Waals surface area contributed by atoms with E-state index in [1.54, 1.807) is 5.01 Å². The van der Waals surface area contributed by atoms with Gasteiger partial charge in [-0.3, -0.25) is 0 Å². The molecule has 1 heterocycles. The standard InChI is InChI=1S/C7H9N5S/c8-12-10-9-7(13)11(12)6-4-2-1-3-5-6/h1-5,10H,8H2,(H,9,13). The van der Waals surface area contributed by atoms with Gasteiger partial charge in [0, 0.05) is 0 Å². The van der Waals surface area contributed by atoms with E-state index < -0.39 is 0 Å². The first-order valence-corrected chi connectivity index (χ1v) is 4.16. The second kappa shape index (κ2) is 3.25. The number of para-hydroxylation sites is 1. The molecule has 0 saturated carbocycles. The molecule has 0 amide bonds. The molecule has 0 aromatic heterocycles. The monoisotopic (exact) mass is 195 g/mol. The maximum absolute atomic E-state index is 5.59. The third kappa shape index (κ3) is 1.46. The predicted octanol–water partition coefficient (Wildman–Crippen LogP) is 0.303. The average Bonchev–Trinajstić information content (AvgIpc) is 2.48. The first-order valence-electron chi connectivity index (χ1n) is 3.71. The Labute approximate surface area is 81.1 Å². The van der Waals surface area contributed by atoms with Crippen LogP contribution in [0.2, 0.25) is 0 Å². The van der Waals surface area contributed by atoms with E-state index >= 15 is 0 Å².